The van der Waals surface area contributed by atoms with Gasteiger partial charge >= 0.3 is 0 Å². The molecule has 116 valence electrons. The molecule has 0 spiro atoms. The Balaban J connectivity index is 2.01. The van der Waals surface area contributed by atoms with Gasteiger partial charge in [-0.1, -0.05) is 24.6 Å². The molecule has 1 fully saturated rings. The predicted molar refractivity (Wildman–Crippen MR) is 88.6 cm³/mol. The predicted octanol–water partition coefficient (Wildman–Crippen LogP) is 4.34. The summed E-state index contributed by atoms with van der Waals surface area (Å²) < 4.78 is 0. The van der Waals surface area contributed by atoms with Crippen molar-refractivity contribution in [1.29, 1.82) is 0 Å². The molecule has 0 aliphatic carbocycles. The maximum atomic E-state index is 12.6. The molecular weight excluding hydrogens is 258 g/mol. The molecule has 1 aromatic carbocycles. The van der Waals surface area contributed by atoms with Gasteiger partial charge in [0, 0.05) is 19.0 Å². The van der Waals surface area contributed by atoms with Crippen molar-refractivity contribution in [3.8, 4) is 0 Å². The van der Waals surface area contributed by atoms with E-state index in [-0.39, 0.29) is 0 Å². The number of amides is 1. The summed E-state index contributed by atoms with van der Waals surface area (Å²) in [6.07, 6.45) is 6.26. The number of benzene rings is 1. The second-order valence-corrected chi connectivity index (χ2v) is 6.52. The number of carbonyl (C=O) groups excluding carboxylic acids is 1. The van der Waals surface area contributed by atoms with E-state index in [4.69, 9.17) is 0 Å². The molecule has 1 aliphatic rings. The Kier molecular flexibility index (Phi) is 5.44. The number of likely N-dealkylation sites (tertiary alicyclic amines) is 1. The molecular formula is C19H29NO. The fourth-order valence-electron chi connectivity index (χ4n) is 3.73. The highest BCUT2D eigenvalue weighted by atomic mass is 16.2. The number of piperidine rings is 1. The highest BCUT2D eigenvalue weighted by Crippen LogP contribution is 2.22. The van der Waals surface area contributed by atoms with Gasteiger partial charge in [-0.3, -0.25) is 4.79 Å². The maximum Gasteiger partial charge on any atom is 0.223 e. The molecule has 1 amide bonds. The summed E-state index contributed by atoms with van der Waals surface area (Å²) >= 11 is 0. The number of carbonyl (C=O) groups is 1. The molecule has 2 rings (SSSR count). The molecule has 21 heavy (non-hydrogen) atoms. The molecule has 0 N–H and O–H groups in total. The number of aryl methyl sites for hydroxylation is 3. The lowest BCUT2D eigenvalue weighted by atomic mass is 9.95. The molecule has 1 atom stereocenters. The zero-order chi connectivity index (χ0) is 15.4. The maximum absolute atomic E-state index is 12.6. The van der Waals surface area contributed by atoms with E-state index >= 15 is 0 Å². The van der Waals surface area contributed by atoms with Crippen LogP contribution in [-0.2, 0) is 11.2 Å². The third-order valence-electron chi connectivity index (χ3n) is 4.85. The van der Waals surface area contributed by atoms with Crippen molar-refractivity contribution in [1.82, 2.24) is 4.90 Å². The van der Waals surface area contributed by atoms with Gasteiger partial charge in [0.05, 0.1) is 0 Å². The number of rotatable bonds is 4. The van der Waals surface area contributed by atoms with E-state index < -0.39 is 0 Å². The van der Waals surface area contributed by atoms with Crippen LogP contribution in [0.3, 0.4) is 0 Å². The summed E-state index contributed by atoms with van der Waals surface area (Å²) in [6, 6.07) is 4.93. The second kappa shape index (κ2) is 7.11. The fourth-order valence-corrected chi connectivity index (χ4v) is 3.73. The van der Waals surface area contributed by atoms with Gasteiger partial charge in [0.2, 0.25) is 5.91 Å². The second-order valence-electron chi connectivity index (χ2n) is 6.52. The molecule has 1 aliphatic heterocycles. The van der Waals surface area contributed by atoms with Crippen LogP contribution in [0.2, 0.25) is 0 Å². The van der Waals surface area contributed by atoms with Crippen LogP contribution in [0.4, 0.5) is 0 Å². The minimum atomic E-state index is 0.348. The monoisotopic (exact) mass is 287 g/mol. The first-order chi connectivity index (χ1) is 10.0. The lowest BCUT2D eigenvalue weighted by Crippen LogP contribution is -2.43. The minimum Gasteiger partial charge on any atom is -0.340 e. The number of hydrogen-bond donors (Lipinski definition) is 0. The van der Waals surface area contributed by atoms with Crippen molar-refractivity contribution in [2.45, 2.75) is 72.3 Å². The van der Waals surface area contributed by atoms with Gasteiger partial charge < -0.3 is 4.90 Å². The van der Waals surface area contributed by atoms with Crippen LogP contribution in [0, 0.1) is 20.8 Å². The van der Waals surface area contributed by atoms with Crippen molar-refractivity contribution in [3.63, 3.8) is 0 Å². The molecule has 2 nitrogen and oxygen atoms in total. The van der Waals surface area contributed by atoms with E-state index in [9.17, 15) is 4.79 Å². The largest absolute Gasteiger partial charge is 0.340 e. The topological polar surface area (TPSA) is 20.3 Å². The van der Waals surface area contributed by atoms with Crippen LogP contribution in [0.15, 0.2) is 12.1 Å². The Hall–Kier alpha value is -1.31. The zero-order valence-electron chi connectivity index (χ0n) is 14.0. The summed E-state index contributed by atoms with van der Waals surface area (Å²) in [5.41, 5.74) is 5.32. The molecule has 0 bridgehead atoms. The van der Waals surface area contributed by atoms with Gasteiger partial charge in [0.1, 0.15) is 0 Å². The Morgan fingerprint density at radius 3 is 2.48 bits per heavy atom. The molecule has 1 aromatic rings. The molecule has 2 heteroatoms. The van der Waals surface area contributed by atoms with E-state index in [2.05, 4.69) is 44.7 Å². The van der Waals surface area contributed by atoms with E-state index in [1.165, 1.54) is 41.5 Å². The van der Waals surface area contributed by atoms with E-state index in [0.29, 0.717) is 18.4 Å². The SMILES string of the molecule is CCC1CCCCN1C(=O)CCc1c(C)cc(C)cc1C. The highest BCUT2D eigenvalue weighted by Gasteiger charge is 2.24. The van der Waals surface area contributed by atoms with Crippen LogP contribution < -0.4 is 0 Å². The van der Waals surface area contributed by atoms with Gasteiger partial charge in [0.25, 0.3) is 0 Å². The van der Waals surface area contributed by atoms with Gasteiger partial charge in [-0.2, -0.15) is 0 Å². The summed E-state index contributed by atoms with van der Waals surface area (Å²) in [6.45, 7) is 9.62. The Morgan fingerprint density at radius 2 is 1.86 bits per heavy atom. The van der Waals surface area contributed by atoms with Gasteiger partial charge in [0.15, 0.2) is 0 Å². The lowest BCUT2D eigenvalue weighted by molar-refractivity contribution is -0.134. The highest BCUT2D eigenvalue weighted by molar-refractivity contribution is 5.77. The average Bonchev–Trinajstić information content (AvgIpc) is 2.45. The fraction of sp³-hybridized carbons (Fsp3) is 0.632. The first-order valence-electron chi connectivity index (χ1n) is 8.39. The van der Waals surface area contributed by atoms with Gasteiger partial charge in [-0.25, -0.2) is 0 Å². The van der Waals surface area contributed by atoms with Crippen molar-refractivity contribution in [2.24, 2.45) is 0 Å². The van der Waals surface area contributed by atoms with Gasteiger partial charge in [-0.05, 0) is 69.6 Å². The average molecular weight is 287 g/mol. The van der Waals surface area contributed by atoms with E-state index in [1.807, 2.05) is 0 Å². The van der Waals surface area contributed by atoms with Crippen molar-refractivity contribution in [3.05, 3.63) is 34.4 Å². The van der Waals surface area contributed by atoms with E-state index in [0.717, 1.165) is 19.4 Å². The molecule has 0 aromatic heterocycles. The normalized spacial score (nSPS) is 18.9. The van der Waals surface area contributed by atoms with E-state index in [1.54, 1.807) is 0 Å². The Morgan fingerprint density at radius 1 is 1.19 bits per heavy atom. The van der Waals surface area contributed by atoms with Crippen LogP contribution in [0.1, 0.15) is 61.3 Å². The van der Waals surface area contributed by atoms with Crippen LogP contribution >= 0.6 is 0 Å². The minimum absolute atomic E-state index is 0.348. The van der Waals surface area contributed by atoms with Crippen LogP contribution in [0.5, 0.6) is 0 Å². The summed E-state index contributed by atoms with van der Waals surface area (Å²) in [5.74, 6) is 0.348. The molecule has 1 unspecified atom stereocenters. The quantitative estimate of drug-likeness (QED) is 0.807. The smallest absolute Gasteiger partial charge is 0.223 e. The Labute approximate surface area is 129 Å². The molecule has 0 radical (unpaired) electrons. The third-order valence-corrected chi connectivity index (χ3v) is 4.85. The van der Waals surface area contributed by atoms with Crippen molar-refractivity contribution in [2.75, 3.05) is 6.54 Å². The van der Waals surface area contributed by atoms with Crippen LogP contribution in [-0.4, -0.2) is 23.4 Å². The standard InChI is InChI=1S/C19H29NO/c1-5-17-8-6-7-11-20(17)19(21)10-9-18-15(3)12-14(2)13-16(18)4/h12-13,17H,5-11H2,1-4H3. The summed E-state index contributed by atoms with van der Waals surface area (Å²) in [4.78, 5) is 14.7. The molecule has 1 saturated heterocycles. The first kappa shape index (κ1) is 16.1. The van der Waals surface area contributed by atoms with Crippen molar-refractivity contribution < 1.29 is 4.79 Å². The molecule has 0 saturated carbocycles. The summed E-state index contributed by atoms with van der Waals surface area (Å²) in [7, 11) is 0. The van der Waals surface area contributed by atoms with Gasteiger partial charge in [-0.15, -0.1) is 0 Å². The lowest BCUT2D eigenvalue weighted by Gasteiger charge is -2.35. The molecule has 1 heterocycles. The van der Waals surface area contributed by atoms with Crippen LogP contribution in [0.25, 0.3) is 0 Å². The zero-order valence-corrected chi connectivity index (χ0v) is 14.0. The number of nitrogens with zero attached hydrogens (tertiary/aromatic N) is 1. The van der Waals surface area contributed by atoms with Crippen molar-refractivity contribution >= 4 is 5.91 Å². The number of hydrogen-bond acceptors (Lipinski definition) is 1. The third kappa shape index (κ3) is 3.87. The Bertz CT molecular complexity index is 483. The first-order valence-corrected chi connectivity index (χ1v) is 8.39. The summed E-state index contributed by atoms with van der Waals surface area (Å²) in [5, 5.41) is 0.